The van der Waals surface area contributed by atoms with Crippen molar-refractivity contribution >= 4 is 0 Å². The summed E-state index contributed by atoms with van der Waals surface area (Å²) in [5.74, 6) is 0. The lowest BCUT2D eigenvalue weighted by atomic mass is 10.0. The Kier molecular flexibility index (Phi) is 109. The quantitative estimate of drug-likeness (QED) is 0.0533. The average Bonchev–Trinajstić information content (AvgIpc) is 3.47. The van der Waals surface area contributed by atoms with Crippen LogP contribution in [0.1, 0.15) is 519 Å². The molecule has 0 aliphatic heterocycles. The van der Waals surface area contributed by atoms with Crippen molar-refractivity contribution in [2.24, 2.45) is 0 Å². The third kappa shape index (κ3) is 109. The van der Waals surface area contributed by atoms with Crippen LogP contribution in [0.2, 0.25) is 0 Å². The molecule has 0 amide bonds. The van der Waals surface area contributed by atoms with Gasteiger partial charge in [-0.05, 0) is 0 Å². The first-order chi connectivity index (χ1) is 39.6. The number of unbranched alkanes of at least 4 members (excludes halogenated alkanes) is 65. The largest absolute Gasteiger partial charge is 0.0654 e. The molecule has 0 aromatic rings. The number of rotatable bonds is 65. The van der Waals surface area contributed by atoms with E-state index in [1.165, 1.54) is 449 Å². The highest BCUT2D eigenvalue weighted by Crippen LogP contribution is 2.18. The molecule has 0 aromatic carbocycles. The monoisotopic (exact) mass is 1130 g/mol. The molecule has 0 saturated carbocycles. The molecule has 0 fully saturated rings. The smallest absolute Gasteiger partial charge is 0.0533 e. The topological polar surface area (TPSA) is 0 Å². The van der Waals surface area contributed by atoms with Crippen molar-refractivity contribution in [3.8, 4) is 0 Å². The number of hydrogen-bond donors (Lipinski definition) is 0. The van der Waals surface area contributed by atoms with Gasteiger partial charge in [-0.25, -0.2) is 0 Å². The summed E-state index contributed by atoms with van der Waals surface area (Å²) >= 11 is 0. The highest BCUT2D eigenvalue weighted by atomic mass is 14.0. The average molecular weight is 1130 g/mol. The fraction of sp³-hybridized carbons (Fsp3) is 1.00. The molecule has 0 heterocycles. The first-order valence-electron chi connectivity index (χ1n) is 39.6. The van der Waals surface area contributed by atoms with Crippen LogP contribution in [0.15, 0.2) is 0 Å². The van der Waals surface area contributed by atoms with Gasteiger partial charge < -0.3 is 0 Å². The Morgan fingerprint density at radius 2 is 0.100 bits per heavy atom. The minimum atomic E-state index is 1.37. The van der Waals surface area contributed by atoms with Crippen molar-refractivity contribution in [2.45, 2.75) is 519 Å². The summed E-state index contributed by atoms with van der Waals surface area (Å²) in [6.45, 7) is 22.9. The molecule has 490 valence electrons. The third-order valence-electron chi connectivity index (χ3n) is 17.3. The molecule has 0 rings (SSSR count). The van der Waals surface area contributed by atoms with Crippen molar-refractivity contribution in [1.82, 2.24) is 0 Å². The molecular weight excluding hydrogens is 961 g/mol. The van der Waals surface area contributed by atoms with Crippen molar-refractivity contribution in [2.75, 3.05) is 0 Å². The second-order valence-corrected chi connectivity index (χ2v) is 26.2. The van der Waals surface area contributed by atoms with E-state index in [-0.39, 0.29) is 0 Å². The first kappa shape index (κ1) is 88.8. The highest BCUT2D eigenvalue weighted by molar-refractivity contribution is 4.54. The van der Waals surface area contributed by atoms with Crippen LogP contribution in [0.4, 0.5) is 0 Å². The Balaban J connectivity index is -0.000000293. The molecule has 0 aromatic heterocycles. The van der Waals surface area contributed by atoms with Gasteiger partial charge in [0.25, 0.3) is 0 Å². The SMILES string of the molecule is CCCCCCCCCCCCCCCC.CCCCCCCCCCCCCCCC.CCCCCCCCCCCCCCCC.CCCCCCCCCCCCCCCC.CCCCCCCCCCCCCCCC. The van der Waals surface area contributed by atoms with Gasteiger partial charge in [0.05, 0.1) is 0 Å². The second-order valence-electron chi connectivity index (χ2n) is 26.2. The fourth-order valence-electron chi connectivity index (χ4n) is 11.3. The van der Waals surface area contributed by atoms with Crippen LogP contribution in [-0.4, -0.2) is 0 Å². The summed E-state index contributed by atoms with van der Waals surface area (Å²) < 4.78 is 0. The fourth-order valence-corrected chi connectivity index (χ4v) is 11.3. The van der Waals surface area contributed by atoms with Gasteiger partial charge in [0.2, 0.25) is 0 Å². The molecule has 0 atom stereocenters. The lowest BCUT2D eigenvalue weighted by molar-refractivity contribution is 0.538. The molecular formula is C80H170. The molecule has 0 radical (unpaired) electrons. The zero-order valence-electron chi connectivity index (χ0n) is 59.5. The van der Waals surface area contributed by atoms with E-state index in [0.29, 0.717) is 0 Å². The van der Waals surface area contributed by atoms with E-state index in [1.807, 2.05) is 0 Å². The molecule has 0 unspecified atom stereocenters. The summed E-state index contributed by atoms with van der Waals surface area (Å²) in [6.07, 6.45) is 102. The highest BCUT2D eigenvalue weighted by Gasteiger charge is 1.98. The second kappa shape index (κ2) is 98.1. The molecule has 0 spiro atoms. The zero-order chi connectivity index (χ0) is 59.5. The summed E-state index contributed by atoms with van der Waals surface area (Å²) in [5, 5.41) is 0. The van der Waals surface area contributed by atoms with Gasteiger partial charge >= 0.3 is 0 Å². The minimum Gasteiger partial charge on any atom is -0.0654 e. The van der Waals surface area contributed by atoms with Crippen LogP contribution >= 0.6 is 0 Å². The van der Waals surface area contributed by atoms with Gasteiger partial charge in [-0.1, -0.05) is 519 Å². The Bertz CT molecular complexity index is 626. The normalized spacial score (nSPS) is 10.9. The van der Waals surface area contributed by atoms with Crippen molar-refractivity contribution in [1.29, 1.82) is 0 Å². The van der Waals surface area contributed by atoms with E-state index in [0.717, 1.165) is 0 Å². The molecule has 0 aliphatic rings. The van der Waals surface area contributed by atoms with Crippen LogP contribution in [0.25, 0.3) is 0 Å². The van der Waals surface area contributed by atoms with Crippen LogP contribution < -0.4 is 0 Å². The molecule has 0 N–H and O–H groups in total. The molecule has 0 heteroatoms. The van der Waals surface area contributed by atoms with Gasteiger partial charge in [-0.3, -0.25) is 0 Å². The summed E-state index contributed by atoms with van der Waals surface area (Å²) in [7, 11) is 0. The van der Waals surface area contributed by atoms with Crippen LogP contribution in [0.3, 0.4) is 0 Å². The summed E-state index contributed by atoms with van der Waals surface area (Å²) in [5.41, 5.74) is 0. The van der Waals surface area contributed by atoms with Gasteiger partial charge in [-0.2, -0.15) is 0 Å². The van der Waals surface area contributed by atoms with Gasteiger partial charge in [0.15, 0.2) is 0 Å². The zero-order valence-corrected chi connectivity index (χ0v) is 59.5. The van der Waals surface area contributed by atoms with Crippen molar-refractivity contribution in [3.05, 3.63) is 0 Å². The van der Waals surface area contributed by atoms with Crippen LogP contribution in [0, 0.1) is 0 Å². The molecule has 0 aliphatic carbocycles. The maximum atomic E-state index is 2.29. The van der Waals surface area contributed by atoms with E-state index in [9.17, 15) is 0 Å². The van der Waals surface area contributed by atoms with E-state index in [2.05, 4.69) is 69.2 Å². The number of hydrogen-bond acceptors (Lipinski definition) is 0. The third-order valence-corrected chi connectivity index (χ3v) is 17.3. The molecule has 0 nitrogen and oxygen atoms in total. The Morgan fingerprint density at radius 1 is 0.0625 bits per heavy atom. The van der Waals surface area contributed by atoms with E-state index >= 15 is 0 Å². The maximum absolute atomic E-state index is 2.29. The molecule has 0 saturated heterocycles. The van der Waals surface area contributed by atoms with Gasteiger partial charge in [0.1, 0.15) is 0 Å². The predicted molar refractivity (Wildman–Crippen MR) is 380 cm³/mol. The maximum Gasteiger partial charge on any atom is -0.0533 e. The lowest BCUT2D eigenvalue weighted by Gasteiger charge is -2.02. The van der Waals surface area contributed by atoms with Gasteiger partial charge in [0, 0.05) is 0 Å². The van der Waals surface area contributed by atoms with Crippen molar-refractivity contribution < 1.29 is 0 Å². The summed E-state index contributed by atoms with van der Waals surface area (Å²) in [4.78, 5) is 0. The Morgan fingerprint density at radius 3 is 0.138 bits per heavy atom. The summed E-state index contributed by atoms with van der Waals surface area (Å²) in [6, 6.07) is 0. The van der Waals surface area contributed by atoms with E-state index in [4.69, 9.17) is 0 Å². The van der Waals surface area contributed by atoms with Crippen molar-refractivity contribution in [3.63, 3.8) is 0 Å². The van der Waals surface area contributed by atoms with E-state index < -0.39 is 0 Å². The van der Waals surface area contributed by atoms with Crippen LogP contribution in [-0.2, 0) is 0 Å². The lowest BCUT2D eigenvalue weighted by Crippen LogP contribution is -1.82. The Labute approximate surface area is 516 Å². The molecule has 80 heavy (non-hydrogen) atoms. The van der Waals surface area contributed by atoms with Crippen LogP contribution in [0.5, 0.6) is 0 Å². The predicted octanol–water partition coefficient (Wildman–Crippen LogP) is 32.4. The van der Waals surface area contributed by atoms with E-state index in [1.54, 1.807) is 0 Å². The Hall–Kier alpha value is 0. The minimum absolute atomic E-state index is 1.37. The molecule has 0 bridgehead atoms. The van der Waals surface area contributed by atoms with Gasteiger partial charge in [-0.15, -0.1) is 0 Å². The first-order valence-corrected chi connectivity index (χ1v) is 39.6. The standard InChI is InChI=1S/5C16H34/c5*1-3-5-7-9-11-13-15-16-14-12-10-8-6-4-2/h5*3-16H2,1-2H3.